The number of halogens is 1. The standard InChI is InChI=1S/C11H8ClNO2/c1-7-11(15-10(6-14)13-7)8-3-2-4-9(12)5-8/h2-6H,1H3. The Labute approximate surface area is 91.7 Å². The lowest BCUT2D eigenvalue weighted by Gasteiger charge is -1.97. The minimum absolute atomic E-state index is 0.0856. The summed E-state index contributed by atoms with van der Waals surface area (Å²) in [6, 6.07) is 7.22. The maximum absolute atomic E-state index is 10.5. The Morgan fingerprint density at radius 1 is 1.47 bits per heavy atom. The Hall–Kier alpha value is -1.61. The van der Waals surface area contributed by atoms with Crippen molar-refractivity contribution in [1.82, 2.24) is 4.98 Å². The van der Waals surface area contributed by atoms with Crippen LogP contribution in [0.1, 0.15) is 16.4 Å². The van der Waals surface area contributed by atoms with Crippen molar-refractivity contribution < 1.29 is 9.21 Å². The molecule has 0 aliphatic heterocycles. The maximum Gasteiger partial charge on any atom is 0.260 e. The lowest BCUT2D eigenvalue weighted by atomic mass is 10.1. The average Bonchev–Trinajstić information content (AvgIpc) is 2.60. The van der Waals surface area contributed by atoms with Gasteiger partial charge in [0.05, 0.1) is 5.69 Å². The summed E-state index contributed by atoms with van der Waals surface area (Å²) in [7, 11) is 0. The Morgan fingerprint density at radius 3 is 2.87 bits per heavy atom. The molecule has 0 aliphatic carbocycles. The van der Waals surface area contributed by atoms with Crippen LogP contribution in [0.2, 0.25) is 5.02 Å². The molecule has 1 aromatic heterocycles. The zero-order chi connectivity index (χ0) is 10.8. The van der Waals surface area contributed by atoms with Crippen LogP contribution in [0.5, 0.6) is 0 Å². The fourth-order valence-corrected chi connectivity index (χ4v) is 1.56. The number of oxazole rings is 1. The van der Waals surface area contributed by atoms with Gasteiger partial charge in [-0.1, -0.05) is 23.7 Å². The molecule has 2 rings (SSSR count). The van der Waals surface area contributed by atoms with Crippen molar-refractivity contribution in [3.63, 3.8) is 0 Å². The Balaban J connectivity index is 2.53. The number of rotatable bonds is 2. The second kappa shape index (κ2) is 3.87. The summed E-state index contributed by atoms with van der Waals surface area (Å²) >= 11 is 5.86. The molecule has 0 N–H and O–H groups in total. The van der Waals surface area contributed by atoms with Crippen molar-refractivity contribution in [2.75, 3.05) is 0 Å². The zero-order valence-corrected chi connectivity index (χ0v) is 8.78. The van der Waals surface area contributed by atoms with Gasteiger partial charge in [-0.05, 0) is 19.1 Å². The van der Waals surface area contributed by atoms with Crippen LogP contribution >= 0.6 is 11.6 Å². The fraction of sp³-hybridized carbons (Fsp3) is 0.0909. The van der Waals surface area contributed by atoms with Crippen molar-refractivity contribution in [3.05, 3.63) is 40.9 Å². The molecule has 3 nitrogen and oxygen atoms in total. The monoisotopic (exact) mass is 221 g/mol. The highest BCUT2D eigenvalue weighted by molar-refractivity contribution is 6.30. The summed E-state index contributed by atoms with van der Waals surface area (Å²) in [6.07, 6.45) is 0.584. The van der Waals surface area contributed by atoms with Gasteiger partial charge in [0.2, 0.25) is 6.29 Å². The third-order valence-corrected chi connectivity index (χ3v) is 2.24. The van der Waals surface area contributed by atoms with E-state index in [4.69, 9.17) is 16.0 Å². The molecule has 1 heterocycles. The summed E-state index contributed by atoms with van der Waals surface area (Å²) < 4.78 is 5.27. The molecule has 0 saturated heterocycles. The van der Waals surface area contributed by atoms with E-state index in [-0.39, 0.29) is 5.89 Å². The first-order valence-electron chi connectivity index (χ1n) is 4.39. The third-order valence-electron chi connectivity index (χ3n) is 2.00. The van der Waals surface area contributed by atoms with E-state index in [0.29, 0.717) is 22.8 Å². The van der Waals surface area contributed by atoms with Gasteiger partial charge in [-0.15, -0.1) is 0 Å². The molecule has 76 valence electrons. The number of nitrogens with zero attached hydrogens (tertiary/aromatic N) is 1. The molecule has 0 aliphatic rings. The molecule has 15 heavy (non-hydrogen) atoms. The Morgan fingerprint density at radius 2 is 2.27 bits per heavy atom. The number of hydrogen-bond donors (Lipinski definition) is 0. The van der Waals surface area contributed by atoms with Crippen LogP contribution in [0.3, 0.4) is 0 Å². The molecular weight excluding hydrogens is 214 g/mol. The molecule has 1 aromatic carbocycles. The molecule has 0 fully saturated rings. The van der Waals surface area contributed by atoms with Gasteiger partial charge >= 0.3 is 0 Å². The first-order valence-corrected chi connectivity index (χ1v) is 4.77. The van der Waals surface area contributed by atoms with Crippen LogP contribution in [0, 0.1) is 6.92 Å². The van der Waals surface area contributed by atoms with Crippen LogP contribution < -0.4 is 0 Å². The molecule has 0 spiro atoms. The first kappa shape index (κ1) is 9.93. The normalized spacial score (nSPS) is 10.3. The number of carbonyl (C=O) groups excluding carboxylic acids is 1. The SMILES string of the molecule is Cc1nc(C=O)oc1-c1cccc(Cl)c1. The Kier molecular flexibility index (Phi) is 2.56. The molecule has 0 unspecified atom stereocenters. The van der Waals surface area contributed by atoms with Crippen molar-refractivity contribution in [2.45, 2.75) is 6.92 Å². The van der Waals surface area contributed by atoms with E-state index in [1.165, 1.54) is 0 Å². The fourth-order valence-electron chi connectivity index (χ4n) is 1.37. The summed E-state index contributed by atoms with van der Waals surface area (Å²) in [5, 5.41) is 0.621. The quantitative estimate of drug-likeness (QED) is 0.732. The van der Waals surface area contributed by atoms with E-state index < -0.39 is 0 Å². The average molecular weight is 222 g/mol. The maximum atomic E-state index is 10.5. The topological polar surface area (TPSA) is 43.1 Å². The van der Waals surface area contributed by atoms with E-state index in [0.717, 1.165) is 5.56 Å². The molecule has 4 heteroatoms. The number of benzene rings is 1. The predicted octanol–water partition coefficient (Wildman–Crippen LogP) is 3.12. The first-order chi connectivity index (χ1) is 7.20. The van der Waals surface area contributed by atoms with E-state index in [1.807, 2.05) is 12.1 Å². The zero-order valence-electron chi connectivity index (χ0n) is 8.03. The van der Waals surface area contributed by atoms with Gasteiger partial charge in [0.25, 0.3) is 5.89 Å². The van der Waals surface area contributed by atoms with Crippen molar-refractivity contribution in [3.8, 4) is 11.3 Å². The van der Waals surface area contributed by atoms with E-state index in [2.05, 4.69) is 4.98 Å². The van der Waals surface area contributed by atoms with Gasteiger partial charge in [-0.2, -0.15) is 0 Å². The van der Waals surface area contributed by atoms with E-state index >= 15 is 0 Å². The summed E-state index contributed by atoms with van der Waals surface area (Å²) in [5.74, 6) is 0.669. The van der Waals surface area contributed by atoms with Gasteiger partial charge in [-0.25, -0.2) is 4.98 Å². The number of hydrogen-bond acceptors (Lipinski definition) is 3. The highest BCUT2D eigenvalue weighted by Crippen LogP contribution is 2.26. The van der Waals surface area contributed by atoms with E-state index in [1.54, 1.807) is 19.1 Å². The molecule has 0 amide bonds. The highest BCUT2D eigenvalue weighted by atomic mass is 35.5. The number of aldehydes is 1. The largest absolute Gasteiger partial charge is 0.434 e. The molecule has 0 saturated carbocycles. The molecule has 0 radical (unpaired) electrons. The van der Waals surface area contributed by atoms with Crippen LogP contribution in [0.15, 0.2) is 28.7 Å². The van der Waals surface area contributed by atoms with Crippen LogP contribution in [-0.2, 0) is 0 Å². The number of aromatic nitrogens is 1. The lowest BCUT2D eigenvalue weighted by Crippen LogP contribution is -1.78. The second-order valence-electron chi connectivity index (χ2n) is 3.09. The molecule has 2 aromatic rings. The number of aryl methyl sites for hydroxylation is 1. The van der Waals surface area contributed by atoms with Crippen molar-refractivity contribution in [1.29, 1.82) is 0 Å². The van der Waals surface area contributed by atoms with Gasteiger partial charge in [0.1, 0.15) is 0 Å². The third kappa shape index (κ3) is 1.92. The summed E-state index contributed by atoms with van der Waals surface area (Å²) in [6.45, 7) is 1.78. The van der Waals surface area contributed by atoms with Gasteiger partial charge < -0.3 is 4.42 Å². The minimum Gasteiger partial charge on any atom is -0.434 e. The summed E-state index contributed by atoms with van der Waals surface area (Å²) in [4.78, 5) is 14.4. The summed E-state index contributed by atoms with van der Waals surface area (Å²) in [5.41, 5.74) is 1.50. The van der Waals surface area contributed by atoms with Crippen molar-refractivity contribution >= 4 is 17.9 Å². The number of carbonyl (C=O) groups is 1. The predicted molar refractivity (Wildman–Crippen MR) is 57.1 cm³/mol. The molecule has 0 bridgehead atoms. The van der Waals surface area contributed by atoms with Crippen LogP contribution in [0.4, 0.5) is 0 Å². The lowest BCUT2D eigenvalue weighted by molar-refractivity contribution is 0.109. The highest BCUT2D eigenvalue weighted by Gasteiger charge is 2.10. The molecular formula is C11H8ClNO2. The van der Waals surface area contributed by atoms with Gasteiger partial charge in [0, 0.05) is 10.6 Å². The van der Waals surface area contributed by atoms with Gasteiger partial charge in [0.15, 0.2) is 5.76 Å². The van der Waals surface area contributed by atoms with Crippen molar-refractivity contribution in [2.24, 2.45) is 0 Å². The molecule has 0 atom stereocenters. The van der Waals surface area contributed by atoms with Crippen LogP contribution in [0.25, 0.3) is 11.3 Å². The minimum atomic E-state index is 0.0856. The van der Waals surface area contributed by atoms with Gasteiger partial charge in [-0.3, -0.25) is 4.79 Å². The van der Waals surface area contributed by atoms with Crippen LogP contribution in [-0.4, -0.2) is 11.3 Å². The van der Waals surface area contributed by atoms with E-state index in [9.17, 15) is 4.79 Å². The Bertz CT molecular complexity index is 505. The second-order valence-corrected chi connectivity index (χ2v) is 3.53. The smallest absolute Gasteiger partial charge is 0.260 e.